The Hall–Kier alpha value is 0.0300. The van der Waals surface area contributed by atoms with Gasteiger partial charge in [0, 0.05) is 5.88 Å². The van der Waals surface area contributed by atoms with E-state index in [0.717, 1.165) is 18.7 Å². The van der Waals surface area contributed by atoms with E-state index in [1.165, 1.54) is 77.0 Å². The highest BCUT2D eigenvalue weighted by molar-refractivity contribution is 6.17. The van der Waals surface area contributed by atoms with Crippen LogP contribution in [0.3, 0.4) is 0 Å². The first-order valence-electron chi connectivity index (χ1n) is 8.62. The lowest BCUT2D eigenvalue weighted by Gasteiger charge is -2.01. The third-order valence-corrected chi connectivity index (χ3v) is 3.91. The molecule has 114 valence electrons. The summed E-state index contributed by atoms with van der Waals surface area (Å²) in [6.45, 7) is 2.28. The zero-order valence-electron chi connectivity index (χ0n) is 13.1. The van der Waals surface area contributed by atoms with E-state index in [1.807, 2.05) is 0 Å². The van der Waals surface area contributed by atoms with Crippen LogP contribution in [0.4, 0.5) is 0 Å². The van der Waals surface area contributed by atoms with Crippen molar-refractivity contribution in [1.82, 2.24) is 0 Å². The SMILES string of the molecule is CCCCCCCCCCCCC/C=C\CCCCl. The van der Waals surface area contributed by atoms with Crippen LogP contribution in [0.5, 0.6) is 0 Å². The summed E-state index contributed by atoms with van der Waals surface area (Å²) >= 11 is 5.63. The summed E-state index contributed by atoms with van der Waals surface area (Å²) in [5.41, 5.74) is 0. The minimum Gasteiger partial charge on any atom is -0.127 e. The fourth-order valence-corrected chi connectivity index (χ4v) is 2.51. The van der Waals surface area contributed by atoms with Gasteiger partial charge in [-0.15, -0.1) is 11.6 Å². The Kier molecular flexibility index (Phi) is 18.1. The summed E-state index contributed by atoms with van der Waals surface area (Å²) in [5, 5.41) is 0. The quantitative estimate of drug-likeness (QED) is 0.169. The van der Waals surface area contributed by atoms with Gasteiger partial charge in [0.1, 0.15) is 0 Å². The zero-order valence-corrected chi connectivity index (χ0v) is 13.9. The lowest BCUT2D eigenvalue weighted by atomic mass is 10.1. The highest BCUT2D eigenvalue weighted by atomic mass is 35.5. The molecular weight excluding hydrogens is 252 g/mol. The fourth-order valence-electron chi connectivity index (χ4n) is 2.36. The van der Waals surface area contributed by atoms with Gasteiger partial charge in [0.15, 0.2) is 0 Å². The summed E-state index contributed by atoms with van der Waals surface area (Å²) in [6.07, 6.45) is 23.9. The number of halogens is 1. The van der Waals surface area contributed by atoms with Gasteiger partial charge in [-0.3, -0.25) is 0 Å². The van der Waals surface area contributed by atoms with Crippen molar-refractivity contribution >= 4 is 11.6 Å². The van der Waals surface area contributed by atoms with Crippen molar-refractivity contribution in [3.05, 3.63) is 12.2 Å². The molecule has 0 saturated heterocycles. The molecule has 0 fully saturated rings. The molecule has 0 aliphatic heterocycles. The molecule has 0 aromatic carbocycles. The van der Waals surface area contributed by atoms with Gasteiger partial charge in [0.05, 0.1) is 0 Å². The standard InChI is InChI=1S/C18H35Cl/c1-2-3-4-5-6-7-8-9-10-11-12-13-14-15-16-17-18-19/h14-15H,2-13,16-18H2,1H3/b15-14-. The second kappa shape index (κ2) is 18.0. The summed E-state index contributed by atoms with van der Waals surface area (Å²) in [4.78, 5) is 0. The van der Waals surface area contributed by atoms with Crippen LogP contribution in [0, 0.1) is 0 Å². The number of hydrogen-bond donors (Lipinski definition) is 0. The van der Waals surface area contributed by atoms with E-state index >= 15 is 0 Å². The third kappa shape index (κ3) is 18.0. The second-order valence-electron chi connectivity index (χ2n) is 5.63. The summed E-state index contributed by atoms with van der Waals surface area (Å²) in [6, 6.07) is 0. The summed E-state index contributed by atoms with van der Waals surface area (Å²) < 4.78 is 0. The lowest BCUT2D eigenvalue weighted by Crippen LogP contribution is -1.82. The van der Waals surface area contributed by atoms with E-state index in [2.05, 4.69) is 19.1 Å². The van der Waals surface area contributed by atoms with Crippen LogP contribution in [0.2, 0.25) is 0 Å². The molecule has 0 aromatic heterocycles. The van der Waals surface area contributed by atoms with Gasteiger partial charge in [-0.05, 0) is 25.7 Å². The molecule has 0 saturated carbocycles. The van der Waals surface area contributed by atoms with Crippen molar-refractivity contribution in [3.8, 4) is 0 Å². The van der Waals surface area contributed by atoms with E-state index in [9.17, 15) is 0 Å². The fraction of sp³-hybridized carbons (Fsp3) is 0.889. The van der Waals surface area contributed by atoms with Crippen molar-refractivity contribution in [2.75, 3.05) is 5.88 Å². The lowest BCUT2D eigenvalue weighted by molar-refractivity contribution is 0.550. The maximum absolute atomic E-state index is 5.63. The van der Waals surface area contributed by atoms with Gasteiger partial charge in [-0.2, -0.15) is 0 Å². The van der Waals surface area contributed by atoms with Crippen molar-refractivity contribution in [1.29, 1.82) is 0 Å². The minimum absolute atomic E-state index is 0.794. The molecule has 0 nitrogen and oxygen atoms in total. The van der Waals surface area contributed by atoms with E-state index in [0.29, 0.717) is 0 Å². The number of allylic oxidation sites excluding steroid dienone is 2. The van der Waals surface area contributed by atoms with Crippen molar-refractivity contribution < 1.29 is 0 Å². The molecule has 1 heteroatoms. The predicted octanol–water partition coefficient (Wildman–Crippen LogP) is 7.26. The Morgan fingerprint density at radius 2 is 1.00 bits per heavy atom. The first kappa shape index (κ1) is 19.0. The Balaban J connectivity index is 2.97. The molecule has 0 aliphatic rings. The van der Waals surface area contributed by atoms with E-state index in [-0.39, 0.29) is 0 Å². The maximum Gasteiger partial charge on any atom is 0.0226 e. The van der Waals surface area contributed by atoms with Gasteiger partial charge < -0.3 is 0 Å². The molecule has 0 bridgehead atoms. The number of alkyl halides is 1. The number of rotatable bonds is 15. The molecule has 0 aliphatic carbocycles. The topological polar surface area (TPSA) is 0 Å². The maximum atomic E-state index is 5.63. The summed E-state index contributed by atoms with van der Waals surface area (Å²) in [7, 11) is 0. The van der Waals surface area contributed by atoms with Crippen LogP contribution in [0.25, 0.3) is 0 Å². The Morgan fingerprint density at radius 1 is 0.579 bits per heavy atom. The minimum atomic E-state index is 0.794. The van der Waals surface area contributed by atoms with E-state index < -0.39 is 0 Å². The molecule has 0 rings (SSSR count). The van der Waals surface area contributed by atoms with Crippen LogP contribution in [-0.2, 0) is 0 Å². The highest BCUT2D eigenvalue weighted by Crippen LogP contribution is 2.12. The summed E-state index contributed by atoms with van der Waals surface area (Å²) in [5.74, 6) is 0.794. The zero-order chi connectivity index (χ0) is 14.0. The number of hydrogen-bond acceptors (Lipinski definition) is 0. The van der Waals surface area contributed by atoms with Gasteiger partial charge >= 0.3 is 0 Å². The Morgan fingerprint density at radius 3 is 1.47 bits per heavy atom. The molecule has 0 radical (unpaired) electrons. The van der Waals surface area contributed by atoms with Crippen LogP contribution < -0.4 is 0 Å². The molecule has 0 atom stereocenters. The van der Waals surface area contributed by atoms with Crippen LogP contribution in [0.15, 0.2) is 12.2 Å². The van der Waals surface area contributed by atoms with E-state index in [1.54, 1.807) is 0 Å². The molecule has 19 heavy (non-hydrogen) atoms. The second-order valence-corrected chi connectivity index (χ2v) is 6.00. The van der Waals surface area contributed by atoms with Crippen molar-refractivity contribution in [3.63, 3.8) is 0 Å². The van der Waals surface area contributed by atoms with Crippen LogP contribution in [-0.4, -0.2) is 5.88 Å². The molecule has 0 spiro atoms. The predicted molar refractivity (Wildman–Crippen MR) is 90.2 cm³/mol. The first-order valence-corrected chi connectivity index (χ1v) is 9.16. The third-order valence-electron chi connectivity index (χ3n) is 3.65. The smallest absolute Gasteiger partial charge is 0.0226 e. The van der Waals surface area contributed by atoms with Gasteiger partial charge in [0.2, 0.25) is 0 Å². The van der Waals surface area contributed by atoms with Crippen molar-refractivity contribution in [2.24, 2.45) is 0 Å². The molecule has 0 aromatic rings. The van der Waals surface area contributed by atoms with Crippen LogP contribution in [0.1, 0.15) is 96.8 Å². The largest absolute Gasteiger partial charge is 0.127 e. The molecule has 0 unspecified atom stereocenters. The average Bonchev–Trinajstić information content (AvgIpc) is 2.43. The normalized spacial score (nSPS) is 11.5. The molecule has 0 heterocycles. The first-order chi connectivity index (χ1) is 9.41. The monoisotopic (exact) mass is 286 g/mol. The van der Waals surface area contributed by atoms with Gasteiger partial charge in [-0.25, -0.2) is 0 Å². The highest BCUT2D eigenvalue weighted by Gasteiger charge is 1.92. The van der Waals surface area contributed by atoms with Gasteiger partial charge in [0.25, 0.3) is 0 Å². The van der Waals surface area contributed by atoms with Crippen LogP contribution >= 0.6 is 11.6 Å². The molecule has 0 N–H and O–H groups in total. The molecular formula is C18H35Cl. The van der Waals surface area contributed by atoms with E-state index in [4.69, 9.17) is 11.6 Å². The Labute approximate surface area is 127 Å². The average molecular weight is 287 g/mol. The molecule has 0 amide bonds. The van der Waals surface area contributed by atoms with Crippen molar-refractivity contribution in [2.45, 2.75) is 96.8 Å². The number of unbranched alkanes of at least 4 members (excludes halogenated alkanes) is 12. The van der Waals surface area contributed by atoms with Gasteiger partial charge in [-0.1, -0.05) is 83.3 Å². The Bertz CT molecular complexity index is 175.